The van der Waals surface area contributed by atoms with E-state index in [9.17, 15) is 14.7 Å². The highest BCUT2D eigenvalue weighted by Gasteiger charge is 2.23. The number of aryl methyl sites for hydroxylation is 2. The van der Waals surface area contributed by atoms with Gasteiger partial charge in [0.05, 0.1) is 18.7 Å². The number of nitrogens with zero attached hydrogens (tertiary/aromatic N) is 1. The molecule has 0 radical (unpaired) electrons. The molecular formula is C20H20N2O5. The SMILES string of the molecule is COc1cc(C#N)ccc1OCC(=O)NC(C(=O)O)c1ccc(C)c(C)c1. The Kier molecular flexibility index (Phi) is 6.39. The van der Waals surface area contributed by atoms with Gasteiger partial charge in [-0.25, -0.2) is 4.79 Å². The molecule has 0 bridgehead atoms. The lowest BCUT2D eigenvalue weighted by Gasteiger charge is -2.17. The summed E-state index contributed by atoms with van der Waals surface area (Å²) >= 11 is 0. The fraction of sp³-hybridized carbons (Fsp3) is 0.250. The number of carbonyl (C=O) groups is 2. The van der Waals surface area contributed by atoms with Gasteiger partial charge in [-0.15, -0.1) is 0 Å². The van der Waals surface area contributed by atoms with Crippen LogP contribution in [0.2, 0.25) is 0 Å². The second-order valence-electron chi connectivity index (χ2n) is 5.95. The number of carbonyl (C=O) groups excluding carboxylic acids is 1. The van der Waals surface area contributed by atoms with Gasteiger partial charge in [-0.05, 0) is 42.7 Å². The largest absolute Gasteiger partial charge is 0.493 e. The minimum absolute atomic E-state index is 0.282. The summed E-state index contributed by atoms with van der Waals surface area (Å²) in [5.74, 6) is -1.16. The van der Waals surface area contributed by atoms with E-state index >= 15 is 0 Å². The lowest BCUT2D eigenvalue weighted by molar-refractivity contribution is -0.142. The summed E-state index contributed by atoms with van der Waals surface area (Å²) in [6, 6.07) is 10.6. The van der Waals surface area contributed by atoms with Crippen LogP contribution in [0.3, 0.4) is 0 Å². The summed E-state index contributed by atoms with van der Waals surface area (Å²) in [6.07, 6.45) is 0. The van der Waals surface area contributed by atoms with Crippen LogP contribution in [-0.4, -0.2) is 30.7 Å². The number of nitrogens with one attached hydrogen (secondary N) is 1. The van der Waals surface area contributed by atoms with Crippen LogP contribution in [-0.2, 0) is 9.59 Å². The van der Waals surface area contributed by atoms with Gasteiger partial charge in [0, 0.05) is 6.07 Å². The Hall–Kier alpha value is -3.53. The highest BCUT2D eigenvalue weighted by atomic mass is 16.5. The third-order valence-corrected chi connectivity index (χ3v) is 4.07. The molecule has 0 saturated carbocycles. The quantitative estimate of drug-likeness (QED) is 0.777. The van der Waals surface area contributed by atoms with Gasteiger partial charge in [0.15, 0.2) is 24.1 Å². The Balaban J connectivity index is 2.08. The Morgan fingerprint density at radius 2 is 1.89 bits per heavy atom. The van der Waals surface area contributed by atoms with Crippen molar-refractivity contribution in [2.24, 2.45) is 0 Å². The third-order valence-electron chi connectivity index (χ3n) is 4.07. The number of amides is 1. The van der Waals surface area contributed by atoms with Crippen molar-refractivity contribution in [2.75, 3.05) is 13.7 Å². The summed E-state index contributed by atoms with van der Waals surface area (Å²) in [6.45, 7) is 3.41. The highest BCUT2D eigenvalue weighted by molar-refractivity contribution is 5.85. The molecule has 7 nitrogen and oxygen atoms in total. The van der Waals surface area contributed by atoms with Crippen molar-refractivity contribution in [3.05, 3.63) is 58.7 Å². The maximum absolute atomic E-state index is 12.2. The van der Waals surface area contributed by atoms with Gasteiger partial charge in [0.2, 0.25) is 0 Å². The molecule has 27 heavy (non-hydrogen) atoms. The van der Waals surface area contributed by atoms with Crippen molar-refractivity contribution >= 4 is 11.9 Å². The first-order valence-electron chi connectivity index (χ1n) is 8.16. The lowest BCUT2D eigenvalue weighted by Crippen LogP contribution is -2.36. The number of benzene rings is 2. The van der Waals surface area contributed by atoms with E-state index in [0.717, 1.165) is 11.1 Å². The number of nitriles is 1. The number of aliphatic carboxylic acids is 1. The number of methoxy groups -OCH3 is 1. The molecule has 0 aliphatic carbocycles. The van der Waals surface area contributed by atoms with Crippen LogP contribution in [0, 0.1) is 25.2 Å². The Morgan fingerprint density at radius 3 is 2.48 bits per heavy atom. The van der Waals surface area contributed by atoms with Crippen molar-refractivity contribution in [1.29, 1.82) is 5.26 Å². The molecule has 2 aromatic rings. The van der Waals surface area contributed by atoms with E-state index in [-0.39, 0.29) is 5.75 Å². The maximum Gasteiger partial charge on any atom is 0.330 e. The molecule has 7 heteroatoms. The second-order valence-corrected chi connectivity index (χ2v) is 5.95. The number of hydrogen-bond donors (Lipinski definition) is 2. The number of hydrogen-bond acceptors (Lipinski definition) is 5. The van der Waals surface area contributed by atoms with E-state index in [2.05, 4.69) is 5.32 Å². The van der Waals surface area contributed by atoms with Crippen LogP contribution in [0.5, 0.6) is 11.5 Å². The monoisotopic (exact) mass is 368 g/mol. The molecule has 1 amide bonds. The summed E-state index contributed by atoms with van der Waals surface area (Å²) in [5.41, 5.74) is 2.84. The van der Waals surface area contributed by atoms with Crippen molar-refractivity contribution in [3.8, 4) is 17.6 Å². The molecule has 0 aromatic heterocycles. The van der Waals surface area contributed by atoms with E-state index < -0.39 is 24.5 Å². The minimum atomic E-state index is -1.18. The van der Waals surface area contributed by atoms with Gasteiger partial charge in [-0.2, -0.15) is 5.26 Å². The molecule has 0 aliphatic heterocycles. The Bertz CT molecular complexity index is 902. The van der Waals surface area contributed by atoms with Gasteiger partial charge in [-0.1, -0.05) is 18.2 Å². The van der Waals surface area contributed by atoms with Crippen molar-refractivity contribution in [2.45, 2.75) is 19.9 Å². The van der Waals surface area contributed by atoms with Gasteiger partial charge in [0.1, 0.15) is 0 Å². The first-order valence-corrected chi connectivity index (χ1v) is 8.16. The third kappa shape index (κ3) is 4.98. The first-order chi connectivity index (χ1) is 12.8. The summed E-state index contributed by atoms with van der Waals surface area (Å²) in [5, 5.41) is 20.8. The zero-order valence-electron chi connectivity index (χ0n) is 15.3. The van der Waals surface area contributed by atoms with E-state index in [4.69, 9.17) is 14.7 Å². The van der Waals surface area contributed by atoms with E-state index in [0.29, 0.717) is 16.9 Å². The Morgan fingerprint density at radius 1 is 1.15 bits per heavy atom. The predicted octanol–water partition coefficient (Wildman–Crippen LogP) is 2.50. The van der Waals surface area contributed by atoms with Gasteiger partial charge >= 0.3 is 5.97 Å². The average Bonchev–Trinajstić information content (AvgIpc) is 2.66. The van der Waals surface area contributed by atoms with Crippen LogP contribution in [0.4, 0.5) is 0 Å². The van der Waals surface area contributed by atoms with Gasteiger partial charge < -0.3 is 19.9 Å². The van der Waals surface area contributed by atoms with E-state index in [1.165, 1.54) is 25.3 Å². The number of ether oxygens (including phenoxy) is 2. The van der Waals surface area contributed by atoms with Crippen molar-refractivity contribution < 1.29 is 24.2 Å². The Labute approximate surface area is 157 Å². The molecule has 2 aromatic carbocycles. The number of rotatable bonds is 7. The molecule has 2 N–H and O–H groups in total. The van der Waals surface area contributed by atoms with Crippen LogP contribution >= 0.6 is 0 Å². The van der Waals surface area contributed by atoms with E-state index in [1.807, 2.05) is 26.0 Å². The molecule has 2 rings (SSSR count). The molecule has 140 valence electrons. The molecule has 1 atom stereocenters. The molecule has 0 saturated heterocycles. The molecule has 1 unspecified atom stereocenters. The zero-order chi connectivity index (χ0) is 20.0. The van der Waals surface area contributed by atoms with Gasteiger partial charge in [-0.3, -0.25) is 4.79 Å². The van der Waals surface area contributed by atoms with Crippen LogP contribution < -0.4 is 14.8 Å². The molecule has 0 heterocycles. The van der Waals surface area contributed by atoms with Gasteiger partial charge in [0.25, 0.3) is 5.91 Å². The fourth-order valence-electron chi connectivity index (χ4n) is 2.43. The molecule has 0 spiro atoms. The smallest absolute Gasteiger partial charge is 0.330 e. The second kappa shape index (κ2) is 8.72. The van der Waals surface area contributed by atoms with Crippen LogP contribution in [0.15, 0.2) is 36.4 Å². The molecule has 0 fully saturated rings. The molecular weight excluding hydrogens is 348 g/mol. The fourth-order valence-corrected chi connectivity index (χ4v) is 2.43. The lowest BCUT2D eigenvalue weighted by atomic mass is 10.0. The number of carboxylic acids is 1. The standard InChI is InChI=1S/C20H20N2O5/c1-12-4-6-15(8-13(12)2)19(20(24)25)22-18(23)11-27-16-7-5-14(10-21)9-17(16)26-3/h4-9,19H,11H2,1-3H3,(H,22,23)(H,24,25). The summed E-state index contributed by atoms with van der Waals surface area (Å²) in [4.78, 5) is 23.8. The molecule has 0 aliphatic rings. The highest BCUT2D eigenvalue weighted by Crippen LogP contribution is 2.27. The number of carboxylic acid groups (broad SMARTS) is 1. The maximum atomic E-state index is 12.2. The minimum Gasteiger partial charge on any atom is -0.493 e. The van der Waals surface area contributed by atoms with Crippen molar-refractivity contribution in [1.82, 2.24) is 5.32 Å². The topological polar surface area (TPSA) is 109 Å². The average molecular weight is 368 g/mol. The van der Waals surface area contributed by atoms with E-state index in [1.54, 1.807) is 12.1 Å². The first kappa shape index (κ1) is 19.8. The zero-order valence-corrected chi connectivity index (χ0v) is 15.3. The predicted molar refractivity (Wildman–Crippen MR) is 97.6 cm³/mol. The van der Waals surface area contributed by atoms with Crippen molar-refractivity contribution in [3.63, 3.8) is 0 Å². The normalized spacial score (nSPS) is 11.2. The summed E-state index contributed by atoms with van der Waals surface area (Å²) < 4.78 is 10.5. The van der Waals surface area contributed by atoms with Crippen LogP contribution in [0.1, 0.15) is 28.3 Å². The van der Waals surface area contributed by atoms with Crippen LogP contribution in [0.25, 0.3) is 0 Å². The summed E-state index contributed by atoms with van der Waals surface area (Å²) in [7, 11) is 1.42.